The van der Waals surface area contributed by atoms with Crippen LogP contribution in [-0.2, 0) is 19.1 Å². The molecule has 1 rings (SSSR count). The zero-order chi connectivity index (χ0) is 18.1. The zero-order valence-electron chi connectivity index (χ0n) is 13.1. The second-order valence-corrected chi connectivity index (χ2v) is 5.39. The fourth-order valence-electron chi connectivity index (χ4n) is 1.66. The highest BCUT2D eigenvalue weighted by Crippen LogP contribution is 2.21. The summed E-state index contributed by atoms with van der Waals surface area (Å²) in [6.07, 6.45) is 0.851. The Bertz CT molecular complexity index is 616. The van der Waals surface area contributed by atoms with Crippen molar-refractivity contribution in [1.29, 1.82) is 0 Å². The van der Waals surface area contributed by atoms with Gasteiger partial charge in [0, 0.05) is 6.42 Å². The van der Waals surface area contributed by atoms with E-state index < -0.39 is 28.8 Å². The minimum Gasteiger partial charge on any atom is -0.466 e. The Kier molecular flexibility index (Phi) is 7.75. The van der Waals surface area contributed by atoms with E-state index in [2.05, 4.69) is 10.3 Å². The van der Waals surface area contributed by atoms with Crippen molar-refractivity contribution in [3.05, 3.63) is 21.3 Å². The molecule has 1 N–H and O–H groups in total. The summed E-state index contributed by atoms with van der Waals surface area (Å²) in [5, 5.41) is 12.5. The summed E-state index contributed by atoms with van der Waals surface area (Å²) in [5.41, 5.74) is 0. The van der Waals surface area contributed by atoms with E-state index in [1.165, 1.54) is 0 Å². The highest BCUT2D eigenvalue weighted by Gasteiger charge is 2.26. The highest BCUT2D eigenvalue weighted by molar-refractivity contribution is 7.16. The standard InChI is InChI=1S/C13H17N3O7S/c1-3-22-10(17)6-5-8(13(19)23-4-2)15-11(18)12-14-7-9(24-12)16(20)21/h7-8H,3-6H2,1-2H3,(H,15,18)/t8-/m0/s1. The third-order valence-electron chi connectivity index (χ3n) is 2.69. The maximum absolute atomic E-state index is 12.1. The summed E-state index contributed by atoms with van der Waals surface area (Å²) >= 11 is 0.583. The predicted molar refractivity (Wildman–Crippen MR) is 82.5 cm³/mol. The smallest absolute Gasteiger partial charge is 0.344 e. The second-order valence-electron chi connectivity index (χ2n) is 4.38. The monoisotopic (exact) mass is 359 g/mol. The molecule has 0 bridgehead atoms. The van der Waals surface area contributed by atoms with Gasteiger partial charge in [0.15, 0.2) is 5.01 Å². The van der Waals surface area contributed by atoms with Gasteiger partial charge in [0.2, 0.25) is 0 Å². The number of esters is 2. The summed E-state index contributed by atoms with van der Waals surface area (Å²) in [4.78, 5) is 48.9. The summed E-state index contributed by atoms with van der Waals surface area (Å²) < 4.78 is 9.61. The molecule has 0 saturated carbocycles. The Hall–Kier alpha value is -2.56. The molecule has 1 atom stereocenters. The van der Waals surface area contributed by atoms with Gasteiger partial charge in [-0.1, -0.05) is 0 Å². The van der Waals surface area contributed by atoms with Crippen LogP contribution in [0.4, 0.5) is 5.00 Å². The van der Waals surface area contributed by atoms with Crippen LogP contribution in [0.1, 0.15) is 36.5 Å². The van der Waals surface area contributed by atoms with Crippen LogP contribution in [0.5, 0.6) is 0 Å². The van der Waals surface area contributed by atoms with Crippen LogP contribution in [0.15, 0.2) is 6.20 Å². The third-order valence-corrected chi connectivity index (χ3v) is 3.63. The van der Waals surface area contributed by atoms with Crippen molar-refractivity contribution in [2.24, 2.45) is 0 Å². The van der Waals surface area contributed by atoms with Crippen LogP contribution >= 0.6 is 11.3 Å². The van der Waals surface area contributed by atoms with Gasteiger partial charge in [-0.2, -0.15) is 0 Å². The molecule has 1 heterocycles. The first kappa shape index (κ1) is 19.5. The third kappa shape index (κ3) is 5.91. The van der Waals surface area contributed by atoms with Crippen molar-refractivity contribution in [3.8, 4) is 0 Å². The molecule has 24 heavy (non-hydrogen) atoms. The van der Waals surface area contributed by atoms with E-state index in [0.717, 1.165) is 6.20 Å². The Labute approximate surface area is 141 Å². The normalized spacial score (nSPS) is 11.4. The molecular formula is C13H17N3O7S. The molecule has 0 spiro atoms. The summed E-state index contributed by atoms with van der Waals surface area (Å²) in [6, 6.07) is -1.08. The van der Waals surface area contributed by atoms with Crippen LogP contribution in [0.3, 0.4) is 0 Å². The van der Waals surface area contributed by atoms with Crippen molar-refractivity contribution in [2.45, 2.75) is 32.7 Å². The number of nitrogens with zero attached hydrogens (tertiary/aromatic N) is 2. The van der Waals surface area contributed by atoms with E-state index in [-0.39, 0.29) is 36.1 Å². The van der Waals surface area contributed by atoms with Gasteiger partial charge in [-0.05, 0) is 31.6 Å². The summed E-state index contributed by atoms with van der Waals surface area (Å²) in [6.45, 7) is 3.57. The lowest BCUT2D eigenvalue weighted by atomic mass is 10.1. The van der Waals surface area contributed by atoms with Crippen LogP contribution in [-0.4, -0.2) is 47.0 Å². The first-order chi connectivity index (χ1) is 11.4. The maximum atomic E-state index is 12.1. The number of carbonyl (C=O) groups is 3. The van der Waals surface area contributed by atoms with Gasteiger partial charge in [0.1, 0.15) is 12.2 Å². The van der Waals surface area contributed by atoms with Gasteiger partial charge in [-0.15, -0.1) is 0 Å². The molecule has 1 aromatic heterocycles. The van der Waals surface area contributed by atoms with Crippen molar-refractivity contribution in [2.75, 3.05) is 13.2 Å². The minimum atomic E-state index is -1.08. The Morgan fingerprint density at radius 2 is 2.00 bits per heavy atom. The predicted octanol–water partition coefficient (Wildman–Crippen LogP) is 1.06. The van der Waals surface area contributed by atoms with Crippen molar-refractivity contribution in [1.82, 2.24) is 10.3 Å². The van der Waals surface area contributed by atoms with Gasteiger partial charge in [-0.25, -0.2) is 9.78 Å². The molecular weight excluding hydrogens is 342 g/mol. The van der Waals surface area contributed by atoms with Gasteiger partial charge < -0.3 is 14.8 Å². The first-order valence-corrected chi connectivity index (χ1v) is 7.94. The molecule has 0 aliphatic carbocycles. The lowest BCUT2D eigenvalue weighted by Crippen LogP contribution is -2.42. The van der Waals surface area contributed by atoms with Crippen molar-refractivity contribution >= 4 is 34.2 Å². The molecule has 0 radical (unpaired) electrons. The molecule has 0 aliphatic heterocycles. The number of nitro groups is 1. The van der Waals surface area contributed by atoms with E-state index >= 15 is 0 Å². The fourth-order valence-corrected chi connectivity index (χ4v) is 2.30. The quantitative estimate of drug-likeness (QED) is 0.392. The average molecular weight is 359 g/mol. The van der Waals surface area contributed by atoms with E-state index in [1.54, 1.807) is 13.8 Å². The zero-order valence-corrected chi connectivity index (χ0v) is 14.0. The number of aromatic nitrogens is 1. The van der Waals surface area contributed by atoms with E-state index in [0.29, 0.717) is 11.3 Å². The molecule has 0 aromatic carbocycles. The van der Waals surface area contributed by atoms with Crippen LogP contribution in [0, 0.1) is 10.1 Å². The number of hydrogen-bond donors (Lipinski definition) is 1. The van der Waals surface area contributed by atoms with E-state index in [4.69, 9.17) is 9.47 Å². The molecule has 0 saturated heterocycles. The topological polar surface area (TPSA) is 138 Å². The Morgan fingerprint density at radius 1 is 1.33 bits per heavy atom. The second kappa shape index (κ2) is 9.55. The molecule has 1 aromatic rings. The van der Waals surface area contributed by atoms with Crippen LogP contribution in [0.2, 0.25) is 0 Å². The van der Waals surface area contributed by atoms with Gasteiger partial charge >= 0.3 is 16.9 Å². The van der Waals surface area contributed by atoms with Crippen molar-refractivity contribution < 1.29 is 28.8 Å². The lowest BCUT2D eigenvalue weighted by Gasteiger charge is -2.16. The molecule has 0 unspecified atom stereocenters. The first-order valence-electron chi connectivity index (χ1n) is 7.12. The lowest BCUT2D eigenvalue weighted by molar-refractivity contribution is -0.380. The molecule has 10 nitrogen and oxygen atoms in total. The van der Waals surface area contributed by atoms with Gasteiger partial charge in [0.05, 0.1) is 18.1 Å². The summed E-state index contributed by atoms with van der Waals surface area (Å²) in [5.74, 6) is -1.97. The number of ether oxygens (including phenoxy) is 2. The van der Waals surface area contributed by atoms with Gasteiger partial charge in [-0.3, -0.25) is 19.7 Å². The number of nitrogens with one attached hydrogen (secondary N) is 1. The van der Waals surface area contributed by atoms with Crippen LogP contribution in [0.25, 0.3) is 0 Å². The number of rotatable bonds is 9. The van der Waals surface area contributed by atoms with E-state index in [9.17, 15) is 24.5 Å². The molecule has 1 amide bonds. The minimum absolute atomic E-state index is 0.0170. The largest absolute Gasteiger partial charge is 0.466 e. The number of carbonyl (C=O) groups excluding carboxylic acids is 3. The molecule has 0 fully saturated rings. The van der Waals surface area contributed by atoms with E-state index in [1.807, 2.05) is 0 Å². The van der Waals surface area contributed by atoms with Crippen LogP contribution < -0.4 is 5.32 Å². The highest BCUT2D eigenvalue weighted by atomic mass is 32.1. The number of hydrogen-bond acceptors (Lipinski definition) is 9. The summed E-state index contributed by atoms with van der Waals surface area (Å²) in [7, 11) is 0. The van der Waals surface area contributed by atoms with Crippen molar-refractivity contribution in [3.63, 3.8) is 0 Å². The molecule has 11 heteroatoms. The SMILES string of the molecule is CCOC(=O)CC[C@H](NC(=O)c1ncc([N+](=O)[O-])s1)C(=O)OCC. The Balaban J connectivity index is 2.74. The number of thiazole rings is 1. The number of amides is 1. The Morgan fingerprint density at radius 3 is 2.54 bits per heavy atom. The maximum Gasteiger partial charge on any atom is 0.344 e. The molecule has 132 valence electrons. The molecule has 0 aliphatic rings. The fraction of sp³-hybridized carbons (Fsp3) is 0.538. The average Bonchev–Trinajstić information content (AvgIpc) is 3.02. The van der Waals surface area contributed by atoms with Gasteiger partial charge in [0.25, 0.3) is 5.91 Å².